The van der Waals surface area contributed by atoms with E-state index in [-0.39, 0.29) is 0 Å². The van der Waals surface area contributed by atoms with E-state index in [9.17, 15) is 0 Å². The molecule has 1 unspecified atom stereocenters. The Morgan fingerprint density at radius 3 is 2.69 bits per heavy atom. The van der Waals surface area contributed by atoms with Crippen molar-refractivity contribution in [3.05, 3.63) is 30.3 Å². The summed E-state index contributed by atoms with van der Waals surface area (Å²) in [6, 6.07) is 10.8. The zero-order chi connectivity index (χ0) is 11.4. The zero-order valence-electron chi connectivity index (χ0n) is 10.4. The van der Waals surface area contributed by atoms with Crippen LogP contribution in [0, 0.1) is 0 Å². The molecule has 88 valence electrons. The molecule has 1 aromatic carbocycles. The van der Waals surface area contributed by atoms with Crippen LogP contribution in [0.1, 0.15) is 26.2 Å². The molecule has 0 aromatic heterocycles. The number of nitrogens with zero attached hydrogens (tertiary/aromatic N) is 2. The summed E-state index contributed by atoms with van der Waals surface area (Å²) < 4.78 is 0. The van der Waals surface area contributed by atoms with Crippen LogP contribution in [-0.4, -0.2) is 31.2 Å². The summed E-state index contributed by atoms with van der Waals surface area (Å²) in [6.07, 6.45) is 4.56. The Bertz CT molecular complexity index is 310. The van der Waals surface area contributed by atoms with Gasteiger partial charge in [0, 0.05) is 12.2 Å². The molecule has 1 fully saturated rings. The van der Waals surface area contributed by atoms with Crippen molar-refractivity contribution in [2.75, 3.05) is 25.0 Å². The van der Waals surface area contributed by atoms with Gasteiger partial charge < -0.3 is 4.90 Å². The van der Waals surface area contributed by atoms with Gasteiger partial charge in [-0.3, -0.25) is 4.90 Å². The Kier molecular flexibility index (Phi) is 3.83. The van der Waals surface area contributed by atoms with Crippen LogP contribution in [0.5, 0.6) is 0 Å². The number of piperidine rings is 1. The van der Waals surface area contributed by atoms with Gasteiger partial charge in [-0.1, -0.05) is 25.1 Å². The second kappa shape index (κ2) is 5.35. The monoisotopic (exact) mass is 218 g/mol. The fraction of sp³-hybridized carbons (Fsp3) is 0.571. The van der Waals surface area contributed by atoms with Gasteiger partial charge in [-0.2, -0.15) is 0 Å². The topological polar surface area (TPSA) is 6.48 Å². The third kappa shape index (κ3) is 2.38. The number of benzene rings is 1. The lowest BCUT2D eigenvalue weighted by Gasteiger charge is -2.42. The van der Waals surface area contributed by atoms with Crippen LogP contribution in [0.4, 0.5) is 5.69 Å². The summed E-state index contributed by atoms with van der Waals surface area (Å²) in [7, 11) is 2.23. The van der Waals surface area contributed by atoms with Gasteiger partial charge in [0.2, 0.25) is 0 Å². The molecule has 2 rings (SSSR count). The Hall–Kier alpha value is -1.02. The molecule has 1 saturated heterocycles. The molecule has 0 amide bonds. The lowest BCUT2D eigenvalue weighted by atomic mass is 10.1. The number of para-hydroxylation sites is 1. The van der Waals surface area contributed by atoms with Gasteiger partial charge >= 0.3 is 0 Å². The predicted octanol–water partition coefficient (Wildman–Crippen LogP) is 2.95. The smallest absolute Gasteiger partial charge is 0.0818 e. The molecule has 1 atom stereocenters. The van der Waals surface area contributed by atoms with Gasteiger partial charge in [0.25, 0.3) is 0 Å². The highest BCUT2D eigenvalue weighted by molar-refractivity contribution is 5.47. The molecule has 16 heavy (non-hydrogen) atoms. The van der Waals surface area contributed by atoms with Gasteiger partial charge in [0.05, 0.1) is 6.17 Å². The van der Waals surface area contributed by atoms with Crippen molar-refractivity contribution >= 4 is 5.69 Å². The molecular weight excluding hydrogens is 196 g/mol. The maximum atomic E-state index is 2.55. The molecule has 0 bridgehead atoms. The highest BCUT2D eigenvalue weighted by Gasteiger charge is 2.24. The number of hydrogen-bond acceptors (Lipinski definition) is 2. The van der Waals surface area contributed by atoms with E-state index in [1.807, 2.05) is 0 Å². The molecule has 2 heteroatoms. The lowest BCUT2D eigenvalue weighted by Crippen LogP contribution is -2.49. The quantitative estimate of drug-likeness (QED) is 0.769. The van der Waals surface area contributed by atoms with E-state index in [1.165, 1.54) is 31.5 Å². The Balaban J connectivity index is 2.16. The summed E-state index contributed by atoms with van der Waals surface area (Å²) in [6.45, 7) is 4.55. The van der Waals surface area contributed by atoms with Gasteiger partial charge in [-0.25, -0.2) is 0 Å². The average molecular weight is 218 g/mol. The van der Waals surface area contributed by atoms with E-state index in [2.05, 4.69) is 54.1 Å². The van der Waals surface area contributed by atoms with Crippen LogP contribution in [0.2, 0.25) is 0 Å². The minimum atomic E-state index is 0.584. The van der Waals surface area contributed by atoms with Crippen LogP contribution >= 0.6 is 0 Å². The van der Waals surface area contributed by atoms with E-state index >= 15 is 0 Å². The van der Waals surface area contributed by atoms with Crippen molar-refractivity contribution in [1.29, 1.82) is 0 Å². The third-order valence-corrected chi connectivity index (χ3v) is 3.57. The van der Waals surface area contributed by atoms with Crippen molar-refractivity contribution < 1.29 is 0 Å². The lowest BCUT2D eigenvalue weighted by molar-refractivity contribution is 0.211. The molecule has 2 nitrogen and oxygen atoms in total. The van der Waals surface area contributed by atoms with Crippen molar-refractivity contribution in [1.82, 2.24) is 4.90 Å². The minimum absolute atomic E-state index is 0.584. The van der Waals surface area contributed by atoms with Crippen molar-refractivity contribution in [2.24, 2.45) is 0 Å². The summed E-state index contributed by atoms with van der Waals surface area (Å²) in [5, 5.41) is 0. The fourth-order valence-electron chi connectivity index (χ4n) is 2.50. The van der Waals surface area contributed by atoms with Gasteiger partial charge in [0.15, 0.2) is 0 Å². The molecule has 1 heterocycles. The predicted molar refractivity (Wildman–Crippen MR) is 69.7 cm³/mol. The molecule has 0 aliphatic carbocycles. The van der Waals surface area contributed by atoms with E-state index in [4.69, 9.17) is 0 Å². The van der Waals surface area contributed by atoms with Crippen LogP contribution in [0.25, 0.3) is 0 Å². The fourth-order valence-corrected chi connectivity index (χ4v) is 2.50. The third-order valence-electron chi connectivity index (χ3n) is 3.57. The van der Waals surface area contributed by atoms with E-state index in [1.54, 1.807) is 0 Å². The summed E-state index contributed by atoms with van der Waals surface area (Å²) in [5.74, 6) is 0. The first-order chi connectivity index (χ1) is 7.83. The molecule has 1 aliphatic heterocycles. The summed E-state index contributed by atoms with van der Waals surface area (Å²) >= 11 is 0. The molecule has 0 saturated carbocycles. The molecule has 1 aliphatic rings. The van der Waals surface area contributed by atoms with Crippen molar-refractivity contribution in [2.45, 2.75) is 32.4 Å². The van der Waals surface area contributed by atoms with Crippen LogP contribution in [-0.2, 0) is 0 Å². The summed E-state index contributed by atoms with van der Waals surface area (Å²) in [4.78, 5) is 5.00. The first-order valence-corrected chi connectivity index (χ1v) is 6.35. The number of hydrogen-bond donors (Lipinski definition) is 0. The van der Waals surface area contributed by atoms with Gasteiger partial charge in [-0.15, -0.1) is 0 Å². The second-order valence-electron chi connectivity index (χ2n) is 4.58. The standard InChI is InChI=1S/C14H22N2/c1-3-15(2)14-11-7-8-12-16(14)13-9-5-4-6-10-13/h4-6,9-10,14H,3,7-8,11-12H2,1-2H3. The van der Waals surface area contributed by atoms with Crippen LogP contribution in [0.3, 0.4) is 0 Å². The molecule has 0 N–H and O–H groups in total. The van der Waals surface area contributed by atoms with E-state index < -0.39 is 0 Å². The SMILES string of the molecule is CCN(C)C1CCCCN1c1ccccc1. The van der Waals surface area contributed by atoms with E-state index in [0.717, 1.165) is 6.54 Å². The largest absolute Gasteiger partial charge is 0.356 e. The molecule has 0 radical (unpaired) electrons. The maximum absolute atomic E-state index is 2.55. The first-order valence-electron chi connectivity index (χ1n) is 6.35. The second-order valence-corrected chi connectivity index (χ2v) is 4.58. The molecule has 1 aromatic rings. The van der Waals surface area contributed by atoms with Crippen LogP contribution < -0.4 is 4.90 Å². The first kappa shape index (κ1) is 11.5. The van der Waals surface area contributed by atoms with Gasteiger partial charge in [-0.05, 0) is 45.0 Å². The Labute approximate surface area is 98.9 Å². The maximum Gasteiger partial charge on any atom is 0.0818 e. The minimum Gasteiger partial charge on any atom is -0.356 e. The van der Waals surface area contributed by atoms with E-state index in [0.29, 0.717) is 6.17 Å². The summed E-state index contributed by atoms with van der Waals surface area (Å²) in [5.41, 5.74) is 1.37. The zero-order valence-corrected chi connectivity index (χ0v) is 10.4. The molecule has 0 spiro atoms. The average Bonchev–Trinajstić information content (AvgIpc) is 2.39. The molecular formula is C14H22N2. The van der Waals surface area contributed by atoms with Gasteiger partial charge in [0.1, 0.15) is 0 Å². The van der Waals surface area contributed by atoms with Crippen molar-refractivity contribution in [3.63, 3.8) is 0 Å². The highest BCUT2D eigenvalue weighted by atomic mass is 15.3. The van der Waals surface area contributed by atoms with Crippen molar-refractivity contribution in [3.8, 4) is 0 Å². The highest BCUT2D eigenvalue weighted by Crippen LogP contribution is 2.25. The number of rotatable bonds is 3. The number of anilines is 1. The normalized spacial score (nSPS) is 21.4. The Morgan fingerprint density at radius 1 is 1.25 bits per heavy atom. The Morgan fingerprint density at radius 2 is 2.00 bits per heavy atom. The van der Waals surface area contributed by atoms with Crippen LogP contribution in [0.15, 0.2) is 30.3 Å².